The average molecular weight is 337 g/mol. The Labute approximate surface area is 134 Å². The second-order valence-corrected chi connectivity index (χ2v) is 6.76. The van der Waals surface area contributed by atoms with Crippen LogP contribution in [0.2, 0.25) is 0 Å². The molecule has 0 amide bonds. The summed E-state index contributed by atoms with van der Waals surface area (Å²) >= 11 is 0. The summed E-state index contributed by atoms with van der Waals surface area (Å²) in [6, 6.07) is 0. The van der Waals surface area contributed by atoms with E-state index in [0.717, 1.165) is 11.0 Å². The zero-order valence-corrected chi connectivity index (χ0v) is 14.7. The molecule has 126 valence electrons. The van der Waals surface area contributed by atoms with Crippen molar-refractivity contribution in [2.24, 2.45) is 0 Å². The number of carbonyl (C=O) groups excluding carboxylic acids is 1. The van der Waals surface area contributed by atoms with Crippen molar-refractivity contribution in [3.05, 3.63) is 23.6 Å². The van der Waals surface area contributed by atoms with Crippen molar-refractivity contribution < 1.29 is 27.6 Å². The van der Waals surface area contributed by atoms with Gasteiger partial charge in [-0.25, -0.2) is 11.4 Å². The van der Waals surface area contributed by atoms with Crippen LogP contribution in [0.5, 0.6) is 0 Å². The number of hydrogen-bond acceptors (Lipinski definition) is 5. The van der Waals surface area contributed by atoms with E-state index in [2.05, 4.69) is 32.6 Å². The monoisotopic (exact) mass is 337 g/mol. The van der Waals surface area contributed by atoms with Gasteiger partial charge in [-0.3, -0.25) is 0 Å². The first-order valence-electron chi connectivity index (χ1n) is 6.91. The van der Waals surface area contributed by atoms with Gasteiger partial charge in [-0.2, -0.15) is 0 Å². The van der Waals surface area contributed by atoms with Crippen LogP contribution in [-0.4, -0.2) is 71.1 Å². The lowest BCUT2D eigenvalue weighted by atomic mass is 10.4. The molecule has 8 heteroatoms. The van der Waals surface area contributed by atoms with Crippen molar-refractivity contribution in [1.82, 2.24) is 0 Å². The first-order chi connectivity index (χ1) is 10.3. The lowest BCUT2D eigenvalue weighted by Crippen LogP contribution is -2.37. The van der Waals surface area contributed by atoms with E-state index in [1.165, 1.54) is 0 Å². The quantitative estimate of drug-likeness (QED) is 0.0797. The SMILES string of the molecule is [C-]#[N+]CCOP(OCCOC(=O)C(=C)C)OCC[15N+]([13CH3])([13CH3])[13CH3]. The van der Waals surface area contributed by atoms with Gasteiger partial charge in [-0.1, -0.05) is 6.58 Å². The van der Waals surface area contributed by atoms with Gasteiger partial charge in [0.1, 0.15) is 26.4 Å². The van der Waals surface area contributed by atoms with Crippen molar-refractivity contribution in [3.8, 4) is 0 Å². The average Bonchev–Trinajstić information content (AvgIpc) is 2.41. The maximum atomic E-state index is 11.2. The first-order valence-corrected chi connectivity index (χ1v) is 8.01. The van der Waals surface area contributed by atoms with Gasteiger partial charge < -0.3 is 27.6 Å². The van der Waals surface area contributed by atoms with Crippen LogP contribution in [-0.2, 0) is 23.1 Å². The molecule has 0 rings (SSSR count). The summed E-state index contributed by atoms with van der Waals surface area (Å²) < 4.78 is 22.1. The molecule has 7 nitrogen and oxygen atoms in total. The van der Waals surface area contributed by atoms with Crippen molar-refractivity contribution in [3.63, 3.8) is 0 Å². The fourth-order valence-corrected chi connectivity index (χ4v) is 1.94. The fraction of sp³-hybridized carbons (Fsp3) is 0.714. The van der Waals surface area contributed by atoms with E-state index >= 15 is 0 Å². The summed E-state index contributed by atoms with van der Waals surface area (Å²) in [4.78, 5) is 14.4. The minimum atomic E-state index is -1.54. The Morgan fingerprint density at radius 2 is 1.73 bits per heavy atom. The van der Waals surface area contributed by atoms with E-state index in [4.69, 9.17) is 24.9 Å². The maximum Gasteiger partial charge on any atom is 0.333 e. The predicted octanol–water partition coefficient (Wildman–Crippen LogP) is 2.01. The van der Waals surface area contributed by atoms with Gasteiger partial charge in [0.25, 0.3) is 0 Å². The maximum absolute atomic E-state index is 11.2. The highest BCUT2D eigenvalue weighted by Crippen LogP contribution is 2.39. The molecule has 0 spiro atoms. The van der Waals surface area contributed by atoms with Crippen molar-refractivity contribution in [2.75, 3.05) is 60.7 Å². The van der Waals surface area contributed by atoms with Crippen molar-refractivity contribution >= 4 is 14.6 Å². The molecule has 0 bridgehead atoms. The van der Waals surface area contributed by atoms with E-state index in [9.17, 15) is 4.79 Å². The highest BCUT2D eigenvalue weighted by Gasteiger charge is 2.16. The van der Waals surface area contributed by atoms with Gasteiger partial charge in [0.2, 0.25) is 6.54 Å². The molecule has 1 atom stereocenters. The fourth-order valence-electron chi connectivity index (χ4n) is 1.03. The standard InChI is InChI=1S/C14H26N2O5P/c1-13(2)14(17)18-11-12-21-22(19-9-7-15-3)20-10-8-16(4,5)6/h1,7-12H2,2,4-6H3/q+1/i4+1,5+1,6+1,16+1. The van der Waals surface area contributed by atoms with Gasteiger partial charge in [-0.05, 0) is 6.92 Å². The van der Waals surface area contributed by atoms with Gasteiger partial charge in [0, 0.05) is 5.57 Å². The topological polar surface area (TPSA) is 58.3 Å². The summed E-state index contributed by atoms with van der Waals surface area (Å²) in [5.74, 6) is -0.451. The van der Waals surface area contributed by atoms with Crippen LogP contribution in [0, 0.1) is 6.57 Å². The van der Waals surface area contributed by atoms with E-state index in [1.54, 1.807) is 6.92 Å². The summed E-state index contributed by atoms with van der Waals surface area (Å²) in [6.07, 6.45) is 0. The predicted molar refractivity (Wildman–Crippen MR) is 84.9 cm³/mol. The molecule has 0 aromatic carbocycles. The van der Waals surface area contributed by atoms with Crippen LogP contribution >= 0.6 is 8.60 Å². The molecule has 0 aromatic heterocycles. The molecule has 0 aromatic rings. The second-order valence-electron chi connectivity index (χ2n) is 5.54. The normalized spacial score (nSPS) is 12.5. The van der Waals surface area contributed by atoms with E-state index in [-0.39, 0.29) is 26.4 Å². The molecule has 0 aliphatic heterocycles. The highest BCUT2D eigenvalue weighted by atomic mass is 31.2. The lowest BCUT2D eigenvalue weighted by Gasteiger charge is -2.24. The Bertz CT molecular complexity index is 390. The van der Waals surface area contributed by atoms with E-state index in [1.807, 2.05) is 0 Å². The third-order valence-electron chi connectivity index (χ3n) is 2.22. The van der Waals surface area contributed by atoms with Crippen molar-refractivity contribution in [2.45, 2.75) is 6.92 Å². The summed E-state index contributed by atoms with van der Waals surface area (Å²) in [5.41, 5.74) is 0.342. The van der Waals surface area contributed by atoms with Crippen LogP contribution in [0.4, 0.5) is 0 Å². The van der Waals surface area contributed by atoms with Gasteiger partial charge >= 0.3 is 14.6 Å². The minimum Gasteiger partial charge on any atom is -0.460 e. The minimum absolute atomic E-state index is 0.107. The Balaban J connectivity index is 4.04. The first kappa shape index (κ1) is 21.0. The third kappa shape index (κ3) is 12.7. The molecule has 0 aliphatic carbocycles. The number of ether oxygens (including phenoxy) is 1. The zero-order chi connectivity index (χ0) is 17.0. The Kier molecular flexibility index (Phi) is 11.0. The van der Waals surface area contributed by atoms with E-state index < -0.39 is 14.6 Å². The number of nitrogens with zero attached hydrogens (tertiary/aromatic N) is 2. The number of likely N-dealkylation sites (N-methyl/N-ethyl adjacent to an activating group) is 1. The molecule has 0 heterocycles. The smallest absolute Gasteiger partial charge is 0.333 e. The number of esters is 1. The summed E-state index contributed by atoms with van der Waals surface area (Å²) in [6.45, 7) is 13.9. The number of quaternary nitrogens is 1. The van der Waals surface area contributed by atoms with Gasteiger partial charge in [-0.15, -0.1) is 0 Å². The molecule has 22 heavy (non-hydrogen) atoms. The molecule has 1 unspecified atom stereocenters. The van der Waals surface area contributed by atoms with Gasteiger partial charge in [0.15, 0.2) is 0 Å². The molecular formula is C14H26N2O5P+. The molecule has 0 saturated heterocycles. The summed E-state index contributed by atoms with van der Waals surface area (Å²) in [7, 11) is 4.64. The van der Waals surface area contributed by atoms with Crippen LogP contribution in [0.1, 0.15) is 6.92 Å². The lowest BCUT2D eigenvalue weighted by molar-refractivity contribution is -0.870. The van der Waals surface area contributed by atoms with Crippen LogP contribution in [0.3, 0.4) is 0 Å². The van der Waals surface area contributed by atoms with Crippen molar-refractivity contribution in [1.29, 1.82) is 0 Å². The second kappa shape index (κ2) is 11.5. The van der Waals surface area contributed by atoms with Crippen LogP contribution in [0.15, 0.2) is 12.2 Å². The summed E-state index contributed by atoms with van der Waals surface area (Å²) in [5, 5.41) is 0. The largest absolute Gasteiger partial charge is 0.460 e. The van der Waals surface area contributed by atoms with Crippen LogP contribution in [0.25, 0.3) is 4.85 Å². The third-order valence-corrected chi connectivity index (χ3v) is 3.40. The van der Waals surface area contributed by atoms with E-state index in [0.29, 0.717) is 12.2 Å². The Morgan fingerprint density at radius 3 is 2.27 bits per heavy atom. The number of hydrogen-bond donors (Lipinski definition) is 0. The molecule has 0 N–H and O–H groups in total. The number of carbonyl (C=O) groups is 1. The molecule has 0 saturated carbocycles. The Hall–Kier alpha value is -1.03. The number of rotatable bonds is 12. The zero-order valence-electron chi connectivity index (χ0n) is 13.8. The molecule has 0 fully saturated rings. The van der Waals surface area contributed by atoms with Crippen LogP contribution < -0.4 is 0 Å². The Morgan fingerprint density at radius 1 is 1.14 bits per heavy atom. The highest BCUT2D eigenvalue weighted by molar-refractivity contribution is 7.41. The molecular weight excluding hydrogens is 311 g/mol. The molecule has 0 radical (unpaired) electrons. The van der Waals surface area contributed by atoms with Gasteiger partial charge in [0.05, 0.1) is 27.7 Å². The molecule has 0 aliphatic rings.